The standard InChI is InChI=1S/C31H24O11/c32-15-3-1-13-9-21(35)28(41-23(13)11-15)14-2-6-19(33)24(10-14)40-22-8-5-16-18(25(22)36)12-39-31-26(37)17-4-7-20(34)27(38)29(17)42-30(16)31/h1-8,10-11,21,28,30-36,38H,9,12H2/t21-,28+,30-,31-/m0/s1. The summed E-state index contributed by atoms with van der Waals surface area (Å²) in [5.74, 6) is -1.75. The minimum Gasteiger partial charge on any atom is -0.508 e. The Kier molecular flexibility index (Phi) is 5.82. The van der Waals surface area contributed by atoms with Gasteiger partial charge in [-0.3, -0.25) is 4.79 Å². The molecule has 0 radical (unpaired) electrons. The molecule has 3 aliphatic heterocycles. The van der Waals surface area contributed by atoms with Crippen LogP contribution in [0.5, 0.6) is 51.7 Å². The van der Waals surface area contributed by atoms with Crippen LogP contribution in [-0.2, 0) is 17.8 Å². The number of ketones is 1. The maximum atomic E-state index is 13.1. The summed E-state index contributed by atoms with van der Waals surface area (Å²) >= 11 is 0. The molecule has 4 aromatic rings. The van der Waals surface area contributed by atoms with Gasteiger partial charge in [0.05, 0.1) is 18.3 Å². The number of rotatable bonds is 3. The highest BCUT2D eigenvalue weighted by Crippen LogP contribution is 2.50. The van der Waals surface area contributed by atoms with Gasteiger partial charge in [0.25, 0.3) is 0 Å². The summed E-state index contributed by atoms with van der Waals surface area (Å²) in [5, 5.41) is 62.4. The summed E-state index contributed by atoms with van der Waals surface area (Å²) in [6.45, 7) is -0.144. The number of phenolic OH excluding ortho intramolecular Hbond substituents is 5. The molecule has 7 rings (SSSR count). The zero-order valence-electron chi connectivity index (χ0n) is 21.7. The van der Waals surface area contributed by atoms with E-state index in [1.165, 1.54) is 42.5 Å². The predicted molar refractivity (Wildman–Crippen MR) is 144 cm³/mol. The number of aromatic hydroxyl groups is 5. The van der Waals surface area contributed by atoms with E-state index in [1.807, 2.05) is 0 Å². The number of phenols is 5. The lowest BCUT2D eigenvalue weighted by Crippen LogP contribution is -2.41. The third-order valence-corrected chi connectivity index (χ3v) is 7.77. The van der Waals surface area contributed by atoms with E-state index < -0.39 is 41.7 Å². The Morgan fingerprint density at radius 3 is 2.40 bits per heavy atom. The molecule has 0 aromatic heterocycles. The van der Waals surface area contributed by atoms with Gasteiger partial charge in [-0.2, -0.15) is 0 Å². The smallest absolute Gasteiger partial charge is 0.201 e. The second-order valence-corrected chi connectivity index (χ2v) is 10.4. The first-order valence-corrected chi connectivity index (χ1v) is 13.1. The average molecular weight is 573 g/mol. The molecule has 3 aliphatic rings. The number of fused-ring (bicyclic) bond motifs is 5. The normalized spacial score (nSPS) is 22.1. The number of carbonyl (C=O) groups is 1. The van der Waals surface area contributed by atoms with Gasteiger partial charge in [-0.05, 0) is 47.5 Å². The van der Waals surface area contributed by atoms with Gasteiger partial charge in [0.2, 0.25) is 5.75 Å². The summed E-state index contributed by atoms with van der Waals surface area (Å²) in [7, 11) is 0. The van der Waals surface area contributed by atoms with Gasteiger partial charge in [-0.25, -0.2) is 0 Å². The Hall–Kier alpha value is -5.13. The molecule has 0 saturated carbocycles. The van der Waals surface area contributed by atoms with Crippen LogP contribution in [0, 0.1) is 0 Å². The molecule has 0 spiro atoms. The van der Waals surface area contributed by atoms with Gasteiger partial charge in [0.15, 0.2) is 52.5 Å². The van der Waals surface area contributed by atoms with Crippen LogP contribution >= 0.6 is 0 Å². The Balaban J connectivity index is 1.19. The number of carbonyl (C=O) groups excluding carboxylic acids is 1. The Bertz CT molecular complexity index is 1760. The zero-order chi connectivity index (χ0) is 29.3. The molecule has 3 heterocycles. The van der Waals surface area contributed by atoms with E-state index in [0.29, 0.717) is 16.9 Å². The van der Waals surface area contributed by atoms with Gasteiger partial charge in [0.1, 0.15) is 17.6 Å². The lowest BCUT2D eigenvalue weighted by molar-refractivity contribution is -0.0438. The molecule has 0 amide bonds. The molecule has 4 atom stereocenters. The molecular formula is C31H24O11. The van der Waals surface area contributed by atoms with E-state index in [0.717, 1.165) is 5.56 Å². The fourth-order valence-electron chi connectivity index (χ4n) is 5.61. The van der Waals surface area contributed by atoms with Gasteiger partial charge >= 0.3 is 0 Å². The molecule has 6 N–H and O–H groups in total. The van der Waals surface area contributed by atoms with Crippen LogP contribution in [0.3, 0.4) is 0 Å². The van der Waals surface area contributed by atoms with E-state index in [9.17, 15) is 35.4 Å². The Morgan fingerprint density at radius 1 is 0.762 bits per heavy atom. The predicted octanol–water partition coefficient (Wildman–Crippen LogP) is 4.26. The van der Waals surface area contributed by atoms with E-state index >= 15 is 0 Å². The van der Waals surface area contributed by atoms with Crippen LogP contribution in [0.15, 0.2) is 60.7 Å². The molecule has 0 aliphatic carbocycles. The fourth-order valence-corrected chi connectivity index (χ4v) is 5.61. The van der Waals surface area contributed by atoms with Crippen LogP contribution < -0.4 is 14.2 Å². The second kappa shape index (κ2) is 9.47. The van der Waals surface area contributed by atoms with Crippen LogP contribution in [0.25, 0.3) is 0 Å². The molecule has 0 unspecified atom stereocenters. The second-order valence-electron chi connectivity index (χ2n) is 10.4. The van der Waals surface area contributed by atoms with Crippen molar-refractivity contribution in [2.45, 2.75) is 37.4 Å². The van der Waals surface area contributed by atoms with Crippen LogP contribution in [-0.4, -0.2) is 48.6 Å². The average Bonchev–Trinajstić information content (AvgIpc) is 2.97. The van der Waals surface area contributed by atoms with Crippen molar-refractivity contribution in [2.75, 3.05) is 0 Å². The third kappa shape index (κ3) is 4.01. The Labute approximate surface area is 238 Å². The molecule has 214 valence electrons. The summed E-state index contributed by atoms with van der Waals surface area (Å²) in [5.41, 5.74) is 2.01. The largest absolute Gasteiger partial charge is 0.508 e. The van der Waals surface area contributed by atoms with Crippen molar-refractivity contribution in [1.29, 1.82) is 0 Å². The van der Waals surface area contributed by atoms with Crippen LogP contribution in [0.1, 0.15) is 44.8 Å². The summed E-state index contributed by atoms with van der Waals surface area (Å²) in [4.78, 5) is 13.1. The monoisotopic (exact) mass is 572 g/mol. The molecular weight excluding hydrogens is 548 g/mol. The molecule has 0 bridgehead atoms. The molecule has 42 heavy (non-hydrogen) atoms. The highest BCUT2D eigenvalue weighted by molar-refractivity contribution is 6.04. The quantitative estimate of drug-likeness (QED) is 0.194. The highest BCUT2D eigenvalue weighted by atomic mass is 16.6. The summed E-state index contributed by atoms with van der Waals surface area (Å²) in [6, 6.07) is 14.7. The van der Waals surface area contributed by atoms with Gasteiger partial charge < -0.3 is 49.6 Å². The topological polar surface area (TPSA) is 175 Å². The van der Waals surface area contributed by atoms with Crippen molar-refractivity contribution in [2.24, 2.45) is 0 Å². The lowest BCUT2D eigenvalue weighted by atomic mass is 9.88. The number of benzene rings is 4. The maximum absolute atomic E-state index is 13.1. The lowest BCUT2D eigenvalue weighted by Gasteiger charge is -2.37. The first kappa shape index (κ1) is 25.8. The van der Waals surface area contributed by atoms with Crippen molar-refractivity contribution in [3.63, 3.8) is 0 Å². The SMILES string of the molecule is O=C1c2ccc(O)c(O)c2O[C@H]2c3ccc(Oc4cc([C@H]5Oc6cc(O)ccc6C[C@@H]5O)ccc4O)c(O)c3CO[C@@H]12. The number of aliphatic hydroxyl groups excluding tert-OH is 1. The summed E-state index contributed by atoms with van der Waals surface area (Å²) < 4.78 is 23.5. The number of Topliss-reactive ketones (excluding diaryl/α,β-unsaturated/α-hetero) is 1. The van der Waals surface area contributed by atoms with Crippen molar-refractivity contribution < 1.29 is 54.4 Å². The molecule has 4 aromatic carbocycles. The first-order valence-electron chi connectivity index (χ1n) is 13.1. The van der Waals surface area contributed by atoms with Crippen molar-refractivity contribution in [3.8, 4) is 51.7 Å². The molecule has 11 nitrogen and oxygen atoms in total. The van der Waals surface area contributed by atoms with Crippen molar-refractivity contribution >= 4 is 5.78 Å². The summed E-state index contributed by atoms with van der Waals surface area (Å²) in [6.07, 6.45) is -3.48. The minimum atomic E-state index is -1.03. The third-order valence-electron chi connectivity index (χ3n) is 7.77. The highest BCUT2D eigenvalue weighted by Gasteiger charge is 2.45. The number of ether oxygens (including phenoxy) is 4. The number of aliphatic hydroxyl groups is 1. The van der Waals surface area contributed by atoms with Gasteiger partial charge in [0, 0.05) is 23.6 Å². The van der Waals surface area contributed by atoms with Crippen molar-refractivity contribution in [3.05, 3.63) is 88.5 Å². The van der Waals surface area contributed by atoms with Gasteiger partial charge in [-0.1, -0.05) is 18.2 Å². The van der Waals surface area contributed by atoms with E-state index in [2.05, 4.69) is 0 Å². The molecule has 0 fully saturated rings. The van der Waals surface area contributed by atoms with Crippen LogP contribution in [0.4, 0.5) is 0 Å². The van der Waals surface area contributed by atoms with Gasteiger partial charge in [-0.15, -0.1) is 0 Å². The van der Waals surface area contributed by atoms with Crippen molar-refractivity contribution in [1.82, 2.24) is 0 Å². The number of hydrogen-bond donors (Lipinski definition) is 6. The maximum Gasteiger partial charge on any atom is 0.201 e. The fraction of sp³-hybridized carbons (Fsp3) is 0.194. The first-order chi connectivity index (χ1) is 20.2. The zero-order valence-corrected chi connectivity index (χ0v) is 21.7. The Morgan fingerprint density at radius 2 is 1.57 bits per heavy atom. The molecule has 11 heteroatoms. The minimum absolute atomic E-state index is 0.0201. The van der Waals surface area contributed by atoms with E-state index in [-0.39, 0.29) is 58.7 Å². The number of hydrogen-bond acceptors (Lipinski definition) is 11. The van der Waals surface area contributed by atoms with E-state index in [4.69, 9.17) is 18.9 Å². The van der Waals surface area contributed by atoms with Crippen LogP contribution in [0.2, 0.25) is 0 Å². The molecule has 0 saturated heterocycles. The van der Waals surface area contributed by atoms with E-state index in [1.54, 1.807) is 18.2 Å².